The van der Waals surface area contributed by atoms with Crippen molar-refractivity contribution < 1.29 is 21.6 Å². The van der Waals surface area contributed by atoms with Gasteiger partial charge >= 0.3 is 6.18 Å². The van der Waals surface area contributed by atoms with Gasteiger partial charge in [-0.15, -0.1) is 0 Å². The molecule has 0 aliphatic carbocycles. The van der Waals surface area contributed by atoms with Gasteiger partial charge in [0.2, 0.25) is 15.0 Å². The Bertz CT molecular complexity index is 693. The van der Waals surface area contributed by atoms with E-state index in [9.17, 15) is 21.6 Å². The Balaban J connectivity index is 2.69. The van der Waals surface area contributed by atoms with E-state index in [0.29, 0.717) is 11.6 Å². The van der Waals surface area contributed by atoms with Crippen LogP contribution < -0.4 is 0 Å². The van der Waals surface area contributed by atoms with Crippen molar-refractivity contribution in [1.82, 2.24) is 15.0 Å². The molecular formula is C10H8F3N3O2S. The maximum absolute atomic E-state index is 12.7. The number of hydrogen-bond acceptors (Lipinski definition) is 4. The van der Waals surface area contributed by atoms with Crippen LogP contribution in [0.15, 0.2) is 29.7 Å². The van der Waals surface area contributed by atoms with E-state index < -0.39 is 26.9 Å². The molecule has 2 aromatic rings. The standard InChI is InChI=1S/C10H8F3N3O2S/c1-19(17,18)9-15-7(6-2-3-14-5-6)4-8(16-9)10(11,12)13/h2-5,14H,1H3. The summed E-state index contributed by atoms with van der Waals surface area (Å²) in [6.07, 6.45) is -1.09. The summed E-state index contributed by atoms with van der Waals surface area (Å²) in [5.41, 5.74) is -1.05. The van der Waals surface area contributed by atoms with Crippen molar-refractivity contribution in [1.29, 1.82) is 0 Å². The molecule has 0 aliphatic heterocycles. The predicted molar refractivity (Wildman–Crippen MR) is 59.9 cm³/mol. The van der Waals surface area contributed by atoms with Crippen molar-refractivity contribution >= 4 is 9.84 Å². The number of sulfone groups is 1. The zero-order chi connectivity index (χ0) is 14.3. The van der Waals surface area contributed by atoms with E-state index in [1.54, 1.807) is 0 Å². The average Bonchev–Trinajstić information content (AvgIpc) is 2.79. The Labute approximate surface area is 106 Å². The quantitative estimate of drug-likeness (QED) is 0.857. The fourth-order valence-corrected chi connectivity index (χ4v) is 1.90. The van der Waals surface area contributed by atoms with Gasteiger partial charge in [-0.1, -0.05) is 0 Å². The zero-order valence-electron chi connectivity index (χ0n) is 9.56. The lowest BCUT2D eigenvalue weighted by atomic mass is 10.2. The molecule has 0 saturated carbocycles. The van der Waals surface area contributed by atoms with Gasteiger partial charge in [0.05, 0.1) is 5.69 Å². The molecule has 2 aromatic heterocycles. The molecule has 5 nitrogen and oxygen atoms in total. The molecule has 9 heteroatoms. The predicted octanol–water partition coefficient (Wildman–Crippen LogP) is 1.89. The van der Waals surface area contributed by atoms with Crippen molar-refractivity contribution in [2.24, 2.45) is 0 Å². The Hall–Kier alpha value is -1.90. The molecular weight excluding hydrogens is 283 g/mol. The number of nitrogens with one attached hydrogen (secondary N) is 1. The third kappa shape index (κ3) is 2.92. The molecule has 0 fully saturated rings. The van der Waals surface area contributed by atoms with E-state index in [0.717, 1.165) is 6.26 Å². The highest BCUT2D eigenvalue weighted by atomic mass is 32.2. The molecule has 0 spiro atoms. The minimum Gasteiger partial charge on any atom is -0.367 e. The van der Waals surface area contributed by atoms with E-state index in [4.69, 9.17) is 0 Å². The van der Waals surface area contributed by atoms with E-state index in [1.165, 1.54) is 18.5 Å². The van der Waals surface area contributed by atoms with Crippen molar-refractivity contribution in [2.75, 3.05) is 6.26 Å². The summed E-state index contributed by atoms with van der Waals surface area (Å²) in [6, 6.07) is 2.19. The molecule has 0 bridgehead atoms. The number of hydrogen-bond donors (Lipinski definition) is 1. The van der Waals surface area contributed by atoms with Gasteiger partial charge in [-0.05, 0) is 12.1 Å². The van der Waals surface area contributed by atoms with Gasteiger partial charge in [0.15, 0.2) is 0 Å². The molecule has 19 heavy (non-hydrogen) atoms. The van der Waals surface area contributed by atoms with Gasteiger partial charge in [-0.3, -0.25) is 0 Å². The first kappa shape index (κ1) is 13.5. The maximum Gasteiger partial charge on any atom is 0.433 e. The lowest BCUT2D eigenvalue weighted by molar-refractivity contribution is -0.141. The summed E-state index contributed by atoms with van der Waals surface area (Å²) in [5, 5.41) is -0.849. The fraction of sp³-hybridized carbons (Fsp3) is 0.200. The fourth-order valence-electron chi connectivity index (χ4n) is 1.37. The minimum atomic E-state index is -4.74. The van der Waals surface area contributed by atoms with Crippen LogP contribution in [0.2, 0.25) is 0 Å². The number of H-pyrrole nitrogens is 1. The summed E-state index contributed by atoms with van der Waals surface area (Å²) in [5.74, 6) is 0. The lowest BCUT2D eigenvalue weighted by Crippen LogP contribution is -2.14. The smallest absolute Gasteiger partial charge is 0.367 e. The number of nitrogens with zero attached hydrogens (tertiary/aromatic N) is 2. The largest absolute Gasteiger partial charge is 0.433 e. The molecule has 0 saturated heterocycles. The van der Waals surface area contributed by atoms with Crippen LogP contribution in [-0.4, -0.2) is 29.6 Å². The summed E-state index contributed by atoms with van der Waals surface area (Å²) < 4.78 is 60.7. The highest BCUT2D eigenvalue weighted by Crippen LogP contribution is 2.30. The van der Waals surface area contributed by atoms with Crippen LogP contribution in [0.25, 0.3) is 11.3 Å². The van der Waals surface area contributed by atoms with Crippen LogP contribution in [0.3, 0.4) is 0 Å². The number of rotatable bonds is 2. The summed E-state index contributed by atoms with van der Waals surface area (Å²) in [4.78, 5) is 9.35. The second-order valence-corrected chi connectivity index (χ2v) is 5.70. The summed E-state index contributed by atoms with van der Waals surface area (Å²) in [7, 11) is -3.93. The topological polar surface area (TPSA) is 75.7 Å². The second kappa shape index (κ2) is 4.34. The summed E-state index contributed by atoms with van der Waals surface area (Å²) >= 11 is 0. The van der Waals surface area contributed by atoms with Gasteiger partial charge in [-0.25, -0.2) is 18.4 Å². The Kier molecular flexibility index (Phi) is 3.09. The molecule has 2 rings (SSSR count). The molecule has 1 N–H and O–H groups in total. The van der Waals surface area contributed by atoms with Gasteiger partial charge in [0.25, 0.3) is 0 Å². The Morgan fingerprint density at radius 1 is 1.26 bits per heavy atom. The van der Waals surface area contributed by atoms with E-state index in [1.807, 2.05) is 0 Å². The molecule has 2 heterocycles. The first-order valence-electron chi connectivity index (χ1n) is 4.97. The van der Waals surface area contributed by atoms with Crippen molar-refractivity contribution in [3.05, 3.63) is 30.2 Å². The molecule has 0 aliphatic rings. The normalized spacial score (nSPS) is 12.6. The Morgan fingerprint density at radius 3 is 2.42 bits per heavy atom. The number of alkyl halides is 3. The molecule has 102 valence electrons. The minimum absolute atomic E-state index is 0.107. The zero-order valence-corrected chi connectivity index (χ0v) is 10.4. The van der Waals surface area contributed by atoms with Gasteiger partial charge < -0.3 is 4.98 Å². The van der Waals surface area contributed by atoms with Crippen LogP contribution in [0.1, 0.15) is 5.69 Å². The SMILES string of the molecule is CS(=O)(=O)c1nc(-c2cc[nH]c2)cc(C(F)(F)F)n1. The first-order chi connectivity index (χ1) is 8.68. The monoisotopic (exact) mass is 291 g/mol. The van der Waals surface area contributed by atoms with Gasteiger partial charge in [0.1, 0.15) is 5.69 Å². The maximum atomic E-state index is 12.7. The van der Waals surface area contributed by atoms with Crippen LogP contribution in [0, 0.1) is 0 Å². The van der Waals surface area contributed by atoms with Crippen molar-refractivity contribution in [3.63, 3.8) is 0 Å². The molecule has 0 aromatic carbocycles. The number of halogens is 3. The highest BCUT2D eigenvalue weighted by Gasteiger charge is 2.34. The Morgan fingerprint density at radius 2 is 1.95 bits per heavy atom. The highest BCUT2D eigenvalue weighted by molar-refractivity contribution is 7.90. The van der Waals surface area contributed by atoms with Gasteiger partial charge in [0, 0.05) is 24.2 Å². The van der Waals surface area contributed by atoms with Crippen LogP contribution in [-0.2, 0) is 16.0 Å². The third-order valence-corrected chi connectivity index (χ3v) is 3.07. The molecule has 0 radical (unpaired) electrons. The van der Waals surface area contributed by atoms with E-state index >= 15 is 0 Å². The molecule has 0 atom stereocenters. The van der Waals surface area contributed by atoms with Crippen LogP contribution >= 0.6 is 0 Å². The van der Waals surface area contributed by atoms with E-state index in [-0.39, 0.29) is 5.69 Å². The van der Waals surface area contributed by atoms with E-state index in [2.05, 4.69) is 15.0 Å². The number of aromatic nitrogens is 3. The van der Waals surface area contributed by atoms with Gasteiger partial charge in [-0.2, -0.15) is 13.2 Å². The second-order valence-electron chi connectivity index (χ2n) is 3.79. The molecule has 0 unspecified atom stereocenters. The third-order valence-electron chi connectivity index (χ3n) is 2.22. The van der Waals surface area contributed by atoms with Crippen LogP contribution in [0.4, 0.5) is 13.2 Å². The summed E-state index contributed by atoms with van der Waals surface area (Å²) in [6.45, 7) is 0. The molecule has 0 amide bonds. The average molecular weight is 291 g/mol. The van der Waals surface area contributed by atoms with Crippen LogP contribution in [0.5, 0.6) is 0 Å². The lowest BCUT2D eigenvalue weighted by Gasteiger charge is -2.08. The first-order valence-corrected chi connectivity index (χ1v) is 6.86. The number of aromatic amines is 1. The van der Waals surface area contributed by atoms with Crippen molar-refractivity contribution in [3.8, 4) is 11.3 Å². The van der Waals surface area contributed by atoms with Crippen molar-refractivity contribution in [2.45, 2.75) is 11.3 Å².